The Morgan fingerprint density at radius 3 is 2.64 bits per heavy atom. The molecule has 0 unspecified atom stereocenters. The molecule has 166 valence electrons. The van der Waals surface area contributed by atoms with Gasteiger partial charge >= 0.3 is 0 Å². The van der Waals surface area contributed by atoms with Crippen molar-refractivity contribution >= 4 is 33.3 Å². The second-order valence-corrected chi connectivity index (χ2v) is 8.32. The third-order valence-corrected chi connectivity index (χ3v) is 5.82. The number of benzene rings is 2. The lowest BCUT2D eigenvalue weighted by Gasteiger charge is -2.39. The third-order valence-electron chi connectivity index (χ3n) is 5.17. The van der Waals surface area contributed by atoms with E-state index >= 15 is 0 Å². The molecule has 1 saturated heterocycles. The zero-order chi connectivity index (χ0) is 22.8. The zero-order valence-corrected chi connectivity index (χ0v) is 18.8. The molecule has 0 atom stereocenters. The Hall–Kier alpha value is -3.79. The summed E-state index contributed by atoms with van der Waals surface area (Å²) in [7, 11) is 0. The van der Waals surface area contributed by atoms with Crippen LogP contribution in [-0.2, 0) is 0 Å². The van der Waals surface area contributed by atoms with Gasteiger partial charge in [0, 0.05) is 23.5 Å². The van der Waals surface area contributed by atoms with Crippen molar-refractivity contribution in [3.63, 3.8) is 0 Å². The van der Waals surface area contributed by atoms with E-state index in [1.165, 1.54) is 18.3 Å². The minimum absolute atomic E-state index is 0.0858. The van der Waals surface area contributed by atoms with Gasteiger partial charge in [0.1, 0.15) is 29.2 Å². The number of anilines is 2. The molecule has 0 spiro atoms. The fourth-order valence-electron chi connectivity index (χ4n) is 3.39. The van der Waals surface area contributed by atoms with Crippen LogP contribution in [0.3, 0.4) is 0 Å². The molecular weight excluding hydrogens is 491 g/mol. The Balaban J connectivity index is 1.15. The number of amides is 1. The van der Waals surface area contributed by atoms with Gasteiger partial charge in [-0.25, -0.2) is 14.4 Å². The van der Waals surface area contributed by atoms with E-state index in [4.69, 9.17) is 4.74 Å². The summed E-state index contributed by atoms with van der Waals surface area (Å²) >= 11 is 3.36. The topological polar surface area (TPSA) is 96.0 Å². The number of aromatic nitrogens is 4. The fourth-order valence-corrected chi connectivity index (χ4v) is 3.73. The van der Waals surface area contributed by atoms with Gasteiger partial charge in [-0.3, -0.25) is 9.89 Å². The number of halogens is 2. The maximum Gasteiger partial charge on any atom is 0.275 e. The molecule has 4 aromatic rings. The minimum atomic E-state index is -0.349. The van der Waals surface area contributed by atoms with E-state index in [-0.39, 0.29) is 23.5 Å². The van der Waals surface area contributed by atoms with Crippen LogP contribution < -0.4 is 15.0 Å². The molecule has 1 amide bonds. The van der Waals surface area contributed by atoms with Crippen molar-refractivity contribution in [2.45, 2.75) is 6.10 Å². The number of hydrogen-bond acceptors (Lipinski definition) is 6. The van der Waals surface area contributed by atoms with Crippen molar-refractivity contribution in [3.05, 3.63) is 83.1 Å². The SMILES string of the molecule is O=C(Nc1ccc(-c2cc[nH]n2)cc1)c1cnc(N2CC(Oc3cc(F)ccc3Br)C2)cn1. The zero-order valence-electron chi connectivity index (χ0n) is 17.2. The lowest BCUT2D eigenvalue weighted by atomic mass is 10.1. The van der Waals surface area contributed by atoms with Crippen molar-refractivity contribution in [2.24, 2.45) is 0 Å². The van der Waals surface area contributed by atoms with Gasteiger partial charge in [0.25, 0.3) is 5.91 Å². The number of ether oxygens (including phenoxy) is 1. The maximum atomic E-state index is 13.4. The molecular formula is C23H18BrFN6O2. The monoisotopic (exact) mass is 508 g/mol. The normalized spacial score (nSPS) is 13.5. The molecule has 1 fully saturated rings. The highest BCUT2D eigenvalue weighted by Crippen LogP contribution is 2.29. The van der Waals surface area contributed by atoms with Crippen LogP contribution in [0, 0.1) is 5.82 Å². The highest BCUT2D eigenvalue weighted by Gasteiger charge is 2.30. The lowest BCUT2D eigenvalue weighted by Crippen LogP contribution is -2.54. The van der Waals surface area contributed by atoms with Crippen LogP contribution in [-0.4, -0.2) is 45.3 Å². The Bertz CT molecular complexity index is 1260. The number of nitrogens with zero attached hydrogens (tertiary/aromatic N) is 4. The molecule has 0 radical (unpaired) electrons. The molecule has 33 heavy (non-hydrogen) atoms. The van der Waals surface area contributed by atoms with Crippen molar-refractivity contribution in [2.75, 3.05) is 23.3 Å². The van der Waals surface area contributed by atoms with Gasteiger partial charge in [0.2, 0.25) is 0 Å². The third kappa shape index (κ3) is 4.70. The summed E-state index contributed by atoms with van der Waals surface area (Å²) in [5.74, 6) is 0.420. The number of carbonyl (C=O) groups is 1. The summed E-state index contributed by atoms with van der Waals surface area (Å²) in [6.07, 6.45) is 4.67. The first-order valence-corrected chi connectivity index (χ1v) is 10.9. The average molecular weight is 509 g/mol. The van der Waals surface area contributed by atoms with Crippen LogP contribution in [0.1, 0.15) is 10.5 Å². The van der Waals surface area contributed by atoms with Crippen molar-refractivity contribution in [3.8, 4) is 17.0 Å². The van der Waals surface area contributed by atoms with Gasteiger partial charge in [-0.2, -0.15) is 5.10 Å². The van der Waals surface area contributed by atoms with Crippen LogP contribution in [0.2, 0.25) is 0 Å². The number of carbonyl (C=O) groups excluding carboxylic acids is 1. The van der Waals surface area contributed by atoms with Crippen LogP contribution >= 0.6 is 15.9 Å². The number of rotatable bonds is 6. The van der Waals surface area contributed by atoms with E-state index < -0.39 is 0 Å². The molecule has 0 saturated carbocycles. The summed E-state index contributed by atoms with van der Waals surface area (Å²) in [4.78, 5) is 23.1. The second kappa shape index (κ2) is 8.99. The van der Waals surface area contributed by atoms with E-state index in [1.807, 2.05) is 23.1 Å². The number of nitrogens with one attached hydrogen (secondary N) is 2. The van der Waals surface area contributed by atoms with Crippen LogP contribution in [0.25, 0.3) is 11.3 Å². The number of aromatic amines is 1. The highest BCUT2D eigenvalue weighted by molar-refractivity contribution is 9.10. The lowest BCUT2D eigenvalue weighted by molar-refractivity contribution is 0.102. The Morgan fingerprint density at radius 1 is 1.12 bits per heavy atom. The van der Waals surface area contributed by atoms with Crippen molar-refractivity contribution in [1.82, 2.24) is 20.2 Å². The molecule has 1 aliphatic rings. The molecule has 0 aliphatic carbocycles. The Kier molecular flexibility index (Phi) is 5.74. The van der Waals surface area contributed by atoms with Gasteiger partial charge in [-0.1, -0.05) is 12.1 Å². The van der Waals surface area contributed by atoms with Gasteiger partial charge in [0.05, 0.1) is 35.6 Å². The van der Waals surface area contributed by atoms with Gasteiger partial charge in [0.15, 0.2) is 0 Å². The quantitative estimate of drug-likeness (QED) is 0.403. The molecule has 2 N–H and O–H groups in total. The van der Waals surface area contributed by atoms with Gasteiger partial charge in [-0.05, 0) is 46.3 Å². The van der Waals surface area contributed by atoms with Crippen LogP contribution in [0.5, 0.6) is 5.75 Å². The predicted molar refractivity (Wildman–Crippen MR) is 125 cm³/mol. The molecule has 0 bridgehead atoms. The maximum absolute atomic E-state index is 13.4. The smallest absolute Gasteiger partial charge is 0.275 e. The molecule has 3 heterocycles. The van der Waals surface area contributed by atoms with Crippen molar-refractivity contribution < 1.29 is 13.9 Å². The molecule has 8 nitrogen and oxygen atoms in total. The summed E-state index contributed by atoms with van der Waals surface area (Å²) in [6, 6.07) is 13.6. The van der Waals surface area contributed by atoms with E-state index in [2.05, 4.69) is 41.4 Å². The standard InChI is InChI=1S/C23H18BrFN6O2/c24-18-6-3-15(25)9-21(18)33-17-12-31(13-17)22-11-26-20(10-27-22)23(32)29-16-4-1-14(2-5-16)19-7-8-28-30-19/h1-11,17H,12-13H2,(H,28,30)(H,29,32). The van der Waals surface area contributed by atoms with Gasteiger partial charge in [-0.15, -0.1) is 0 Å². The van der Waals surface area contributed by atoms with Crippen molar-refractivity contribution in [1.29, 1.82) is 0 Å². The molecule has 10 heteroatoms. The highest BCUT2D eigenvalue weighted by atomic mass is 79.9. The summed E-state index contributed by atoms with van der Waals surface area (Å²) in [6.45, 7) is 1.18. The molecule has 2 aromatic carbocycles. The largest absolute Gasteiger partial charge is 0.485 e. The Labute approximate surface area is 197 Å². The van der Waals surface area contributed by atoms with E-state index in [0.717, 1.165) is 11.3 Å². The molecule has 2 aromatic heterocycles. The first-order valence-electron chi connectivity index (χ1n) is 10.2. The summed E-state index contributed by atoms with van der Waals surface area (Å²) in [5.41, 5.74) is 2.64. The summed E-state index contributed by atoms with van der Waals surface area (Å²) < 4.78 is 19.9. The number of H-pyrrole nitrogens is 1. The molecule has 1 aliphatic heterocycles. The Morgan fingerprint density at radius 2 is 1.94 bits per heavy atom. The average Bonchev–Trinajstić information content (AvgIpc) is 3.34. The second-order valence-electron chi connectivity index (χ2n) is 7.47. The first-order chi connectivity index (χ1) is 16.0. The minimum Gasteiger partial charge on any atom is -0.485 e. The predicted octanol–water partition coefficient (Wildman–Crippen LogP) is 4.29. The van der Waals surface area contributed by atoms with Gasteiger partial charge < -0.3 is 15.0 Å². The van der Waals surface area contributed by atoms with E-state index in [9.17, 15) is 9.18 Å². The first kappa shape index (κ1) is 21.1. The molecule has 5 rings (SSSR count). The van der Waals surface area contributed by atoms with Crippen LogP contribution in [0.4, 0.5) is 15.9 Å². The van der Waals surface area contributed by atoms with E-state index in [0.29, 0.717) is 34.8 Å². The number of hydrogen-bond donors (Lipinski definition) is 2. The summed E-state index contributed by atoms with van der Waals surface area (Å²) in [5, 5.41) is 9.72. The van der Waals surface area contributed by atoms with Crippen LogP contribution in [0.15, 0.2) is 71.6 Å². The fraction of sp³-hybridized carbons (Fsp3) is 0.130. The van der Waals surface area contributed by atoms with E-state index in [1.54, 1.807) is 30.6 Å².